The van der Waals surface area contributed by atoms with Gasteiger partial charge in [-0.2, -0.15) is 0 Å². The zero-order valence-electron chi connectivity index (χ0n) is 15.9. The summed E-state index contributed by atoms with van der Waals surface area (Å²) in [5, 5.41) is 13.4. The zero-order chi connectivity index (χ0) is 19.6. The molecule has 0 amide bonds. The lowest BCUT2D eigenvalue weighted by molar-refractivity contribution is 0.186. The Morgan fingerprint density at radius 1 is 1.18 bits per heavy atom. The van der Waals surface area contributed by atoms with E-state index in [0.29, 0.717) is 24.6 Å². The predicted molar refractivity (Wildman–Crippen MR) is 117 cm³/mol. The number of likely N-dealkylation sites (N-methyl/N-ethyl adjacent to an activating group) is 1. The molecule has 0 aliphatic heterocycles. The summed E-state index contributed by atoms with van der Waals surface area (Å²) in [6.07, 6.45) is -0.831. The van der Waals surface area contributed by atoms with Gasteiger partial charge in [0.25, 0.3) is 0 Å². The van der Waals surface area contributed by atoms with Crippen LogP contribution in [-0.4, -0.2) is 49.3 Å². The normalized spacial score (nSPS) is 12.1. The van der Waals surface area contributed by atoms with E-state index >= 15 is 0 Å². The number of aliphatic imine (C=N–C) groups is 1. The van der Waals surface area contributed by atoms with Crippen molar-refractivity contribution < 1.29 is 18.6 Å². The Bertz CT molecular complexity index is 744. The molecule has 2 aromatic carbocycles. The van der Waals surface area contributed by atoms with Crippen molar-refractivity contribution in [1.29, 1.82) is 0 Å². The molecular formula is C20H26F2IN3O2. The van der Waals surface area contributed by atoms with Crippen LogP contribution in [-0.2, 0) is 0 Å². The molecule has 0 radical (unpaired) electrons. The quantitative estimate of drug-likeness (QED) is 0.327. The Hall–Kier alpha value is -1.94. The first-order chi connectivity index (χ1) is 13.0. The first-order valence-electron chi connectivity index (χ1n) is 8.81. The minimum absolute atomic E-state index is 0. The average molecular weight is 505 g/mol. The number of hydrogen-bond donors (Lipinski definition) is 2. The van der Waals surface area contributed by atoms with Crippen LogP contribution < -0.4 is 10.1 Å². The molecule has 5 nitrogen and oxygen atoms in total. The number of nitrogens with one attached hydrogen (secondary N) is 1. The van der Waals surface area contributed by atoms with Gasteiger partial charge < -0.3 is 20.1 Å². The Morgan fingerprint density at radius 2 is 1.86 bits per heavy atom. The van der Waals surface area contributed by atoms with Crippen LogP contribution in [0, 0.1) is 11.6 Å². The van der Waals surface area contributed by atoms with Gasteiger partial charge in [-0.15, -0.1) is 24.0 Å². The van der Waals surface area contributed by atoms with Crippen molar-refractivity contribution in [2.75, 3.05) is 33.3 Å². The van der Waals surface area contributed by atoms with E-state index in [-0.39, 0.29) is 48.7 Å². The highest BCUT2D eigenvalue weighted by Gasteiger charge is 2.10. The third kappa shape index (κ3) is 7.59. The maximum Gasteiger partial charge on any atom is 0.193 e. The SMILES string of the molecule is CCNC(=NCC(O)c1ccc(F)cc1)N(C)CCOc1ccccc1F.I. The molecule has 0 aliphatic rings. The molecule has 0 fully saturated rings. The second-order valence-corrected chi connectivity index (χ2v) is 5.96. The van der Waals surface area contributed by atoms with E-state index in [9.17, 15) is 13.9 Å². The predicted octanol–water partition coefficient (Wildman–Crippen LogP) is 3.59. The number of hydrogen-bond acceptors (Lipinski definition) is 3. The summed E-state index contributed by atoms with van der Waals surface area (Å²) in [6, 6.07) is 11.9. The van der Waals surface area contributed by atoms with Crippen molar-refractivity contribution in [3.8, 4) is 5.75 Å². The number of aliphatic hydroxyl groups excluding tert-OH is 1. The highest BCUT2D eigenvalue weighted by atomic mass is 127. The van der Waals surface area contributed by atoms with Crippen LogP contribution in [0.3, 0.4) is 0 Å². The van der Waals surface area contributed by atoms with Crippen LogP contribution >= 0.6 is 24.0 Å². The van der Waals surface area contributed by atoms with Gasteiger partial charge in [0.15, 0.2) is 17.5 Å². The average Bonchev–Trinajstić information content (AvgIpc) is 2.66. The molecule has 0 heterocycles. The molecule has 2 aromatic rings. The Kier molecular flexibility index (Phi) is 10.8. The summed E-state index contributed by atoms with van der Waals surface area (Å²) in [4.78, 5) is 6.25. The van der Waals surface area contributed by atoms with Gasteiger partial charge in [-0.1, -0.05) is 24.3 Å². The molecule has 0 bridgehead atoms. The molecule has 0 aliphatic carbocycles. The largest absolute Gasteiger partial charge is 0.489 e. The van der Waals surface area contributed by atoms with E-state index in [4.69, 9.17) is 4.74 Å². The first-order valence-corrected chi connectivity index (χ1v) is 8.81. The van der Waals surface area contributed by atoms with Crippen molar-refractivity contribution in [3.05, 3.63) is 65.7 Å². The topological polar surface area (TPSA) is 57.1 Å². The van der Waals surface area contributed by atoms with Gasteiger partial charge in [-0.3, -0.25) is 4.99 Å². The molecule has 2 rings (SSSR count). The van der Waals surface area contributed by atoms with Gasteiger partial charge in [-0.25, -0.2) is 8.78 Å². The lowest BCUT2D eigenvalue weighted by atomic mass is 10.1. The number of benzene rings is 2. The van der Waals surface area contributed by atoms with E-state index in [1.54, 1.807) is 18.2 Å². The van der Waals surface area contributed by atoms with Gasteiger partial charge in [0.1, 0.15) is 12.4 Å². The Balaban J connectivity index is 0.00000392. The van der Waals surface area contributed by atoms with Crippen LogP contribution in [0.5, 0.6) is 5.75 Å². The third-order valence-electron chi connectivity index (χ3n) is 3.89. The summed E-state index contributed by atoms with van der Waals surface area (Å²) in [6.45, 7) is 3.49. The summed E-state index contributed by atoms with van der Waals surface area (Å²) >= 11 is 0. The first kappa shape index (κ1) is 24.1. The van der Waals surface area contributed by atoms with Gasteiger partial charge >= 0.3 is 0 Å². The molecule has 154 valence electrons. The lowest BCUT2D eigenvalue weighted by Crippen LogP contribution is -2.41. The van der Waals surface area contributed by atoms with Crippen LogP contribution in [0.2, 0.25) is 0 Å². The lowest BCUT2D eigenvalue weighted by Gasteiger charge is -2.22. The summed E-state index contributed by atoms with van der Waals surface area (Å²) in [5.41, 5.74) is 0.599. The molecule has 0 spiro atoms. The highest BCUT2D eigenvalue weighted by Crippen LogP contribution is 2.15. The maximum atomic E-state index is 13.6. The van der Waals surface area contributed by atoms with Gasteiger partial charge in [0.05, 0.1) is 19.2 Å². The Morgan fingerprint density at radius 3 is 2.50 bits per heavy atom. The number of guanidine groups is 1. The minimum atomic E-state index is -0.831. The molecule has 1 atom stereocenters. The standard InChI is InChI=1S/C20H25F2N3O2.HI/c1-3-23-20(24-14-18(26)15-8-10-16(21)11-9-15)25(2)12-13-27-19-7-5-4-6-17(19)22;/h4-11,18,26H,3,12-14H2,1-2H3,(H,23,24);1H. The van der Waals surface area contributed by atoms with E-state index in [0.717, 1.165) is 0 Å². The zero-order valence-corrected chi connectivity index (χ0v) is 18.3. The van der Waals surface area contributed by atoms with Gasteiger partial charge in [0, 0.05) is 13.6 Å². The Labute approximate surface area is 181 Å². The van der Waals surface area contributed by atoms with Crippen LogP contribution in [0.4, 0.5) is 8.78 Å². The number of nitrogens with zero attached hydrogens (tertiary/aromatic N) is 2. The number of ether oxygens (including phenoxy) is 1. The van der Waals surface area contributed by atoms with Crippen LogP contribution in [0.1, 0.15) is 18.6 Å². The van der Waals surface area contributed by atoms with E-state index < -0.39 is 11.9 Å². The van der Waals surface area contributed by atoms with Gasteiger partial charge in [-0.05, 0) is 36.8 Å². The second-order valence-electron chi connectivity index (χ2n) is 5.96. The summed E-state index contributed by atoms with van der Waals surface area (Å²) in [7, 11) is 1.83. The molecule has 28 heavy (non-hydrogen) atoms. The van der Waals surface area contributed by atoms with Crippen molar-refractivity contribution in [1.82, 2.24) is 10.2 Å². The second kappa shape index (κ2) is 12.5. The fraction of sp³-hybridized carbons (Fsp3) is 0.350. The van der Waals surface area contributed by atoms with E-state index in [1.807, 2.05) is 18.9 Å². The number of aliphatic hydroxyl groups is 1. The number of para-hydroxylation sites is 1. The van der Waals surface area contributed by atoms with Gasteiger partial charge in [0.2, 0.25) is 0 Å². The van der Waals surface area contributed by atoms with Crippen LogP contribution in [0.25, 0.3) is 0 Å². The van der Waals surface area contributed by atoms with Crippen LogP contribution in [0.15, 0.2) is 53.5 Å². The molecule has 1 unspecified atom stereocenters. The van der Waals surface area contributed by atoms with Crippen molar-refractivity contribution >= 4 is 29.9 Å². The molecule has 8 heteroatoms. The fourth-order valence-electron chi connectivity index (χ4n) is 2.39. The maximum absolute atomic E-state index is 13.6. The van der Waals surface area contributed by atoms with E-state index in [2.05, 4.69) is 10.3 Å². The molecule has 0 aromatic heterocycles. The highest BCUT2D eigenvalue weighted by molar-refractivity contribution is 14.0. The molecular weight excluding hydrogens is 479 g/mol. The molecule has 2 N–H and O–H groups in total. The van der Waals surface area contributed by atoms with Crippen molar-refractivity contribution in [2.45, 2.75) is 13.0 Å². The summed E-state index contributed by atoms with van der Waals surface area (Å²) in [5.74, 6) is 0.0517. The van der Waals surface area contributed by atoms with Crippen molar-refractivity contribution in [3.63, 3.8) is 0 Å². The van der Waals surface area contributed by atoms with Crippen molar-refractivity contribution in [2.24, 2.45) is 4.99 Å². The number of halogens is 3. The summed E-state index contributed by atoms with van der Waals surface area (Å²) < 4.78 is 32.0. The molecule has 0 saturated carbocycles. The van der Waals surface area contributed by atoms with E-state index in [1.165, 1.54) is 30.3 Å². The smallest absolute Gasteiger partial charge is 0.193 e. The fourth-order valence-corrected chi connectivity index (χ4v) is 2.39. The molecule has 0 saturated heterocycles. The monoisotopic (exact) mass is 505 g/mol. The minimum Gasteiger partial charge on any atom is -0.489 e. The third-order valence-corrected chi connectivity index (χ3v) is 3.89. The number of rotatable bonds is 8.